The van der Waals surface area contributed by atoms with Crippen LogP contribution < -0.4 is 5.32 Å². The highest BCUT2D eigenvalue weighted by atomic mass is 16.5. The lowest BCUT2D eigenvalue weighted by atomic mass is 10.3. The van der Waals surface area contributed by atoms with Gasteiger partial charge in [0.2, 0.25) is 0 Å². The molecule has 0 radical (unpaired) electrons. The van der Waals surface area contributed by atoms with E-state index in [0.29, 0.717) is 5.82 Å². The second-order valence-corrected chi connectivity index (χ2v) is 2.50. The number of aromatic amines is 1. The summed E-state index contributed by atoms with van der Waals surface area (Å²) in [5, 5.41) is 17.7. The van der Waals surface area contributed by atoms with Gasteiger partial charge in [0.25, 0.3) is 0 Å². The molecule has 6 heteroatoms. The van der Waals surface area contributed by atoms with Crippen molar-refractivity contribution in [1.29, 1.82) is 5.26 Å². The number of nitriles is 1. The van der Waals surface area contributed by atoms with Crippen LogP contribution in [0.1, 0.15) is 6.92 Å². The van der Waals surface area contributed by atoms with Gasteiger partial charge in [-0.15, -0.1) is 0 Å². The van der Waals surface area contributed by atoms with E-state index < -0.39 is 5.97 Å². The van der Waals surface area contributed by atoms with Gasteiger partial charge in [0.15, 0.2) is 5.57 Å². The van der Waals surface area contributed by atoms with Crippen LogP contribution in [0.4, 0.5) is 5.82 Å². The smallest absolute Gasteiger partial charge is 0.350 e. The summed E-state index contributed by atoms with van der Waals surface area (Å²) in [7, 11) is 0. The maximum absolute atomic E-state index is 11.2. The molecule has 0 saturated heterocycles. The van der Waals surface area contributed by atoms with E-state index in [4.69, 9.17) is 5.26 Å². The zero-order valence-corrected chi connectivity index (χ0v) is 8.15. The van der Waals surface area contributed by atoms with Crippen molar-refractivity contribution in [3.63, 3.8) is 0 Å². The first-order chi connectivity index (χ1) is 7.27. The Morgan fingerprint density at radius 2 is 2.67 bits per heavy atom. The molecule has 2 N–H and O–H groups in total. The summed E-state index contributed by atoms with van der Waals surface area (Å²) in [6.07, 6.45) is 2.82. The van der Waals surface area contributed by atoms with Crippen molar-refractivity contribution >= 4 is 11.8 Å². The maximum Gasteiger partial charge on any atom is 0.350 e. The summed E-state index contributed by atoms with van der Waals surface area (Å²) in [5.41, 5.74) is -0.0912. The number of H-pyrrole nitrogens is 1. The van der Waals surface area contributed by atoms with Crippen LogP contribution in [0, 0.1) is 11.3 Å². The molecule has 0 aliphatic rings. The summed E-state index contributed by atoms with van der Waals surface area (Å²) in [6, 6.07) is 3.40. The molecule has 1 rings (SSSR count). The van der Waals surface area contributed by atoms with Crippen LogP contribution in [-0.2, 0) is 9.53 Å². The number of anilines is 1. The molecule has 0 amide bonds. The van der Waals surface area contributed by atoms with Crippen molar-refractivity contribution in [3.8, 4) is 6.07 Å². The summed E-state index contributed by atoms with van der Waals surface area (Å²) < 4.78 is 4.67. The molecule has 78 valence electrons. The van der Waals surface area contributed by atoms with Gasteiger partial charge >= 0.3 is 5.97 Å². The molecule has 0 aliphatic carbocycles. The van der Waals surface area contributed by atoms with Gasteiger partial charge in [-0.05, 0) is 6.92 Å². The number of hydrogen-bond donors (Lipinski definition) is 2. The first-order valence-electron chi connectivity index (χ1n) is 4.31. The lowest BCUT2D eigenvalue weighted by molar-refractivity contribution is -0.138. The van der Waals surface area contributed by atoms with E-state index in [1.165, 1.54) is 6.20 Å². The Bertz CT molecular complexity index is 389. The number of carbonyl (C=O) groups excluding carboxylic acids is 1. The molecule has 15 heavy (non-hydrogen) atoms. The normalized spacial score (nSPS) is 10.5. The van der Waals surface area contributed by atoms with Crippen molar-refractivity contribution < 1.29 is 9.53 Å². The van der Waals surface area contributed by atoms with Gasteiger partial charge in [0.1, 0.15) is 11.9 Å². The number of nitrogens with zero attached hydrogens (tertiary/aromatic N) is 2. The molecule has 1 aromatic rings. The monoisotopic (exact) mass is 206 g/mol. The van der Waals surface area contributed by atoms with Gasteiger partial charge in [-0.1, -0.05) is 0 Å². The average molecular weight is 206 g/mol. The van der Waals surface area contributed by atoms with Crippen molar-refractivity contribution in [2.75, 3.05) is 11.9 Å². The molecule has 0 spiro atoms. The third-order valence-electron chi connectivity index (χ3n) is 1.49. The number of esters is 1. The van der Waals surface area contributed by atoms with Crippen LogP contribution in [0.5, 0.6) is 0 Å². The number of aromatic nitrogens is 2. The van der Waals surface area contributed by atoms with Gasteiger partial charge in [0, 0.05) is 12.3 Å². The topological polar surface area (TPSA) is 90.8 Å². The van der Waals surface area contributed by atoms with Crippen molar-refractivity contribution in [3.05, 3.63) is 24.0 Å². The van der Waals surface area contributed by atoms with Crippen LogP contribution >= 0.6 is 0 Å². The lowest BCUT2D eigenvalue weighted by Gasteiger charge is -1.99. The van der Waals surface area contributed by atoms with Gasteiger partial charge in [-0.2, -0.15) is 10.4 Å². The average Bonchev–Trinajstić information content (AvgIpc) is 2.72. The van der Waals surface area contributed by atoms with E-state index in [0.717, 1.165) is 0 Å². The maximum atomic E-state index is 11.2. The van der Waals surface area contributed by atoms with E-state index in [-0.39, 0.29) is 12.2 Å². The fraction of sp³-hybridized carbons (Fsp3) is 0.222. The zero-order chi connectivity index (χ0) is 11.1. The van der Waals surface area contributed by atoms with Crippen molar-refractivity contribution in [2.45, 2.75) is 6.92 Å². The number of nitrogens with one attached hydrogen (secondary N) is 2. The molecule has 6 nitrogen and oxygen atoms in total. The second kappa shape index (κ2) is 5.44. The van der Waals surface area contributed by atoms with Gasteiger partial charge in [0.05, 0.1) is 12.8 Å². The first-order valence-corrected chi connectivity index (χ1v) is 4.31. The van der Waals surface area contributed by atoms with E-state index in [1.54, 1.807) is 25.3 Å². The van der Waals surface area contributed by atoms with E-state index in [9.17, 15) is 4.79 Å². The molecule has 0 bridgehead atoms. The fourth-order valence-electron chi connectivity index (χ4n) is 0.832. The highest BCUT2D eigenvalue weighted by molar-refractivity contribution is 5.93. The lowest BCUT2D eigenvalue weighted by Crippen LogP contribution is -2.07. The Kier molecular flexibility index (Phi) is 3.91. The molecule has 1 aromatic heterocycles. The minimum Gasteiger partial charge on any atom is -0.462 e. The highest BCUT2D eigenvalue weighted by Gasteiger charge is 2.08. The molecule has 0 atom stereocenters. The number of rotatable bonds is 4. The van der Waals surface area contributed by atoms with Crippen LogP contribution in [-0.4, -0.2) is 22.8 Å². The van der Waals surface area contributed by atoms with Crippen molar-refractivity contribution in [2.24, 2.45) is 0 Å². The Hall–Kier alpha value is -2.29. The Morgan fingerprint density at radius 3 is 3.20 bits per heavy atom. The molecule has 0 aliphatic heterocycles. The summed E-state index contributed by atoms with van der Waals surface area (Å²) >= 11 is 0. The second-order valence-electron chi connectivity index (χ2n) is 2.50. The van der Waals surface area contributed by atoms with Gasteiger partial charge in [-0.25, -0.2) is 4.79 Å². The highest BCUT2D eigenvalue weighted by Crippen LogP contribution is 2.01. The zero-order valence-electron chi connectivity index (χ0n) is 8.15. The van der Waals surface area contributed by atoms with Gasteiger partial charge in [-0.3, -0.25) is 5.10 Å². The SMILES string of the molecule is CCOC(=O)/C(C#N)=C/Nc1ccn[nH]1. The summed E-state index contributed by atoms with van der Waals surface area (Å²) in [5.74, 6) is -0.0564. The van der Waals surface area contributed by atoms with Crippen LogP contribution in [0.25, 0.3) is 0 Å². The number of hydrogen-bond acceptors (Lipinski definition) is 5. The molecule has 0 unspecified atom stereocenters. The van der Waals surface area contributed by atoms with Crippen LogP contribution in [0.15, 0.2) is 24.0 Å². The fourth-order valence-corrected chi connectivity index (χ4v) is 0.832. The van der Waals surface area contributed by atoms with Crippen LogP contribution in [0.2, 0.25) is 0 Å². The molecule has 0 fully saturated rings. The van der Waals surface area contributed by atoms with Crippen LogP contribution in [0.3, 0.4) is 0 Å². The number of carbonyl (C=O) groups is 1. The first kappa shape index (κ1) is 10.8. The predicted octanol–water partition coefficient (Wildman–Crippen LogP) is 0.792. The Balaban J connectivity index is 2.63. The minimum atomic E-state index is -0.646. The third kappa shape index (κ3) is 3.15. The molecule has 0 aromatic carbocycles. The minimum absolute atomic E-state index is 0.0912. The molecule has 0 saturated carbocycles. The Morgan fingerprint density at radius 1 is 1.87 bits per heavy atom. The predicted molar refractivity (Wildman–Crippen MR) is 52.5 cm³/mol. The van der Waals surface area contributed by atoms with E-state index >= 15 is 0 Å². The standard InChI is InChI=1S/C9H10N4O2/c1-2-15-9(14)7(5-10)6-11-8-3-4-12-13-8/h3-4,6H,2H2,1H3,(H2,11,12,13)/b7-6+. The van der Waals surface area contributed by atoms with E-state index in [2.05, 4.69) is 20.3 Å². The number of ether oxygens (including phenoxy) is 1. The third-order valence-corrected chi connectivity index (χ3v) is 1.49. The van der Waals surface area contributed by atoms with Crippen molar-refractivity contribution in [1.82, 2.24) is 10.2 Å². The molecular weight excluding hydrogens is 196 g/mol. The van der Waals surface area contributed by atoms with Gasteiger partial charge < -0.3 is 10.1 Å². The largest absolute Gasteiger partial charge is 0.462 e. The molecular formula is C9H10N4O2. The Labute approximate surface area is 86.5 Å². The quantitative estimate of drug-likeness (QED) is 0.432. The van der Waals surface area contributed by atoms with E-state index in [1.807, 2.05) is 0 Å². The summed E-state index contributed by atoms with van der Waals surface area (Å²) in [6.45, 7) is 1.91. The molecule has 1 heterocycles. The summed E-state index contributed by atoms with van der Waals surface area (Å²) in [4.78, 5) is 11.2.